The average molecular weight is 395 g/mol. The van der Waals surface area contributed by atoms with Crippen LogP contribution in [0.2, 0.25) is 5.02 Å². The molecule has 0 radical (unpaired) electrons. The van der Waals surface area contributed by atoms with Crippen LogP contribution in [0.25, 0.3) is 0 Å². The van der Waals surface area contributed by atoms with E-state index in [0.29, 0.717) is 22.4 Å². The second kappa shape index (κ2) is 8.22. The molecule has 3 aromatic rings. The number of pyridine rings is 1. The van der Waals surface area contributed by atoms with Gasteiger partial charge in [0.25, 0.3) is 5.91 Å². The van der Waals surface area contributed by atoms with Crippen LogP contribution < -0.4 is 15.1 Å². The highest BCUT2D eigenvalue weighted by Gasteiger charge is 2.21. The highest BCUT2D eigenvalue weighted by Crippen LogP contribution is 2.21. The molecule has 8 heteroatoms. The summed E-state index contributed by atoms with van der Waals surface area (Å²) in [6.45, 7) is 3.14. The fourth-order valence-electron chi connectivity index (χ4n) is 3.05. The Morgan fingerprint density at radius 2 is 1.64 bits per heavy atom. The Kier molecular flexibility index (Phi) is 5.34. The van der Waals surface area contributed by atoms with Gasteiger partial charge in [0.05, 0.1) is 10.7 Å². The molecule has 1 saturated heterocycles. The Hall–Kier alpha value is -3.19. The van der Waals surface area contributed by atoms with E-state index in [4.69, 9.17) is 11.6 Å². The minimum atomic E-state index is -0.316. The van der Waals surface area contributed by atoms with E-state index in [-0.39, 0.29) is 5.91 Å². The van der Waals surface area contributed by atoms with E-state index < -0.39 is 0 Å². The first-order valence-corrected chi connectivity index (χ1v) is 9.38. The highest BCUT2D eigenvalue weighted by molar-refractivity contribution is 6.33. The van der Waals surface area contributed by atoms with Gasteiger partial charge in [0.2, 0.25) is 5.95 Å². The van der Waals surface area contributed by atoms with Crippen LogP contribution in [0, 0.1) is 0 Å². The van der Waals surface area contributed by atoms with Gasteiger partial charge in [-0.1, -0.05) is 29.8 Å². The molecular weight excluding hydrogens is 376 g/mol. The molecule has 28 heavy (non-hydrogen) atoms. The lowest BCUT2D eigenvalue weighted by Crippen LogP contribution is -2.47. The van der Waals surface area contributed by atoms with E-state index in [2.05, 4.69) is 30.1 Å². The number of benzene rings is 1. The lowest BCUT2D eigenvalue weighted by Gasteiger charge is -2.35. The van der Waals surface area contributed by atoms with Crippen LogP contribution in [0.5, 0.6) is 0 Å². The summed E-state index contributed by atoms with van der Waals surface area (Å²) >= 11 is 6.11. The summed E-state index contributed by atoms with van der Waals surface area (Å²) < 4.78 is 0. The predicted molar refractivity (Wildman–Crippen MR) is 110 cm³/mol. The molecule has 0 aliphatic carbocycles. The number of rotatable bonds is 4. The number of hydrogen-bond donors (Lipinski definition) is 1. The number of hydrogen-bond acceptors (Lipinski definition) is 6. The molecule has 1 aromatic carbocycles. The molecular formula is C20H19ClN6O. The number of nitrogens with one attached hydrogen (secondary N) is 1. The van der Waals surface area contributed by atoms with Crippen LogP contribution in [0.4, 0.5) is 17.5 Å². The van der Waals surface area contributed by atoms with Crippen LogP contribution in [-0.4, -0.2) is 47.0 Å². The standard InChI is InChI=1S/C20H19ClN6O/c21-15-5-1-2-6-16(15)24-19(28)17-8-10-23-20(25-17)27-13-11-26(12-14-27)18-7-3-4-9-22-18/h1-10H,11-14H2,(H,24,28). The summed E-state index contributed by atoms with van der Waals surface area (Å²) in [6, 6.07) is 14.6. The predicted octanol–water partition coefficient (Wildman–Crippen LogP) is 3.10. The summed E-state index contributed by atoms with van der Waals surface area (Å²) in [6.07, 6.45) is 3.40. The largest absolute Gasteiger partial charge is 0.353 e. The Morgan fingerprint density at radius 3 is 2.39 bits per heavy atom. The maximum Gasteiger partial charge on any atom is 0.274 e. The van der Waals surface area contributed by atoms with Gasteiger partial charge in [-0.2, -0.15) is 0 Å². The van der Waals surface area contributed by atoms with Gasteiger partial charge in [0, 0.05) is 38.6 Å². The molecule has 1 aliphatic heterocycles. The molecule has 1 N–H and O–H groups in total. The normalized spacial score (nSPS) is 14.0. The zero-order valence-electron chi connectivity index (χ0n) is 15.1. The van der Waals surface area contributed by atoms with Crippen molar-refractivity contribution in [2.75, 3.05) is 41.3 Å². The van der Waals surface area contributed by atoms with E-state index in [9.17, 15) is 4.79 Å². The third kappa shape index (κ3) is 4.04. The summed E-state index contributed by atoms with van der Waals surface area (Å²) in [4.78, 5) is 30.0. The van der Waals surface area contributed by atoms with Crippen molar-refractivity contribution >= 4 is 35.0 Å². The van der Waals surface area contributed by atoms with Crippen molar-refractivity contribution in [3.63, 3.8) is 0 Å². The maximum absolute atomic E-state index is 12.5. The number of halogens is 1. The second-order valence-corrected chi connectivity index (χ2v) is 6.75. The topological polar surface area (TPSA) is 74.2 Å². The van der Waals surface area contributed by atoms with Crippen LogP contribution in [-0.2, 0) is 0 Å². The van der Waals surface area contributed by atoms with E-state index in [1.807, 2.05) is 30.3 Å². The molecule has 1 amide bonds. The zero-order chi connectivity index (χ0) is 19.3. The number of piperazine rings is 1. The van der Waals surface area contributed by atoms with Crippen LogP contribution in [0.15, 0.2) is 60.9 Å². The Labute approximate surface area is 168 Å². The molecule has 2 aromatic heterocycles. The molecule has 0 atom stereocenters. The maximum atomic E-state index is 12.5. The van der Waals surface area contributed by atoms with Crippen molar-refractivity contribution in [3.05, 3.63) is 71.6 Å². The quantitative estimate of drug-likeness (QED) is 0.733. The molecule has 7 nitrogen and oxygen atoms in total. The number of amides is 1. The third-order valence-electron chi connectivity index (χ3n) is 4.53. The van der Waals surface area contributed by atoms with Crippen molar-refractivity contribution in [1.82, 2.24) is 15.0 Å². The average Bonchev–Trinajstić information content (AvgIpc) is 2.76. The Bertz CT molecular complexity index is 960. The Morgan fingerprint density at radius 1 is 0.893 bits per heavy atom. The van der Waals surface area contributed by atoms with E-state index in [0.717, 1.165) is 32.0 Å². The zero-order valence-corrected chi connectivity index (χ0v) is 15.9. The van der Waals surface area contributed by atoms with Crippen molar-refractivity contribution in [3.8, 4) is 0 Å². The lowest BCUT2D eigenvalue weighted by atomic mass is 10.3. The van der Waals surface area contributed by atoms with Gasteiger partial charge in [0.15, 0.2) is 0 Å². The first-order valence-electron chi connectivity index (χ1n) is 9.00. The number of anilines is 3. The van der Waals surface area contributed by atoms with Gasteiger partial charge in [-0.15, -0.1) is 0 Å². The van der Waals surface area contributed by atoms with Gasteiger partial charge in [-0.3, -0.25) is 4.79 Å². The van der Waals surface area contributed by atoms with Crippen LogP contribution in [0.3, 0.4) is 0 Å². The molecule has 0 spiro atoms. The number of carbonyl (C=O) groups excluding carboxylic acids is 1. The monoisotopic (exact) mass is 394 g/mol. The molecule has 1 fully saturated rings. The molecule has 4 rings (SSSR count). The van der Waals surface area contributed by atoms with Gasteiger partial charge in [-0.05, 0) is 30.3 Å². The van der Waals surface area contributed by atoms with Crippen molar-refractivity contribution < 1.29 is 4.79 Å². The van der Waals surface area contributed by atoms with E-state index in [1.165, 1.54) is 0 Å². The minimum Gasteiger partial charge on any atom is -0.353 e. The molecule has 142 valence electrons. The van der Waals surface area contributed by atoms with Gasteiger partial charge in [-0.25, -0.2) is 15.0 Å². The second-order valence-electron chi connectivity index (χ2n) is 6.34. The number of nitrogens with zero attached hydrogens (tertiary/aromatic N) is 5. The summed E-state index contributed by atoms with van der Waals surface area (Å²) in [5, 5.41) is 3.27. The van der Waals surface area contributed by atoms with Gasteiger partial charge >= 0.3 is 0 Å². The lowest BCUT2D eigenvalue weighted by molar-refractivity contribution is 0.102. The molecule has 3 heterocycles. The summed E-state index contributed by atoms with van der Waals surface area (Å²) in [5.74, 6) is 1.20. The molecule has 1 aliphatic rings. The fraction of sp³-hybridized carbons (Fsp3) is 0.200. The number of para-hydroxylation sites is 1. The number of aromatic nitrogens is 3. The first-order chi connectivity index (χ1) is 13.7. The fourth-order valence-corrected chi connectivity index (χ4v) is 3.24. The third-order valence-corrected chi connectivity index (χ3v) is 4.86. The van der Waals surface area contributed by atoms with Crippen molar-refractivity contribution in [2.24, 2.45) is 0 Å². The SMILES string of the molecule is O=C(Nc1ccccc1Cl)c1ccnc(N2CCN(c3ccccn3)CC2)n1. The van der Waals surface area contributed by atoms with Crippen LogP contribution in [0.1, 0.15) is 10.5 Å². The van der Waals surface area contributed by atoms with E-state index in [1.54, 1.807) is 30.6 Å². The van der Waals surface area contributed by atoms with Crippen molar-refractivity contribution in [2.45, 2.75) is 0 Å². The molecule has 0 bridgehead atoms. The van der Waals surface area contributed by atoms with Gasteiger partial charge in [0.1, 0.15) is 11.5 Å². The molecule has 0 saturated carbocycles. The Balaban J connectivity index is 1.43. The number of carbonyl (C=O) groups is 1. The summed E-state index contributed by atoms with van der Waals surface area (Å²) in [7, 11) is 0. The van der Waals surface area contributed by atoms with Crippen molar-refractivity contribution in [1.29, 1.82) is 0 Å². The summed E-state index contributed by atoms with van der Waals surface area (Å²) in [5.41, 5.74) is 0.857. The van der Waals surface area contributed by atoms with Crippen LogP contribution >= 0.6 is 11.6 Å². The smallest absolute Gasteiger partial charge is 0.274 e. The van der Waals surface area contributed by atoms with E-state index >= 15 is 0 Å². The minimum absolute atomic E-state index is 0.303. The molecule has 0 unspecified atom stereocenters. The highest BCUT2D eigenvalue weighted by atomic mass is 35.5. The van der Waals surface area contributed by atoms with Gasteiger partial charge < -0.3 is 15.1 Å². The first kappa shape index (κ1) is 18.2.